The van der Waals surface area contributed by atoms with E-state index in [0.29, 0.717) is 10.0 Å². The normalized spacial score (nSPS) is 12.8. The molecule has 0 bridgehead atoms. The minimum Gasteiger partial charge on any atom is -0.482 e. The second-order valence-corrected chi connectivity index (χ2v) is 13.0. The summed E-state index contributed by atoms with van der Waals surface area (Å²) in [5.74, 6) is -2.24. The third kappa shape index (κ3) is 12.7. The van der Waals surface area contributed by atoms with E-state index in [1.54, 1.807) is 45.0 Å². The number of nitrogens with zero attached hydrogens (tertiary/aromatic N) is 1. The second kappa shape index (κ2) is 16.5. The number of ketones is 1. The van der Waals surface area contributed by atoms with E-state index in [0.717, 1.165) is 42.6 Å². The third-order valence-electron chi connectivity index (χ3n) is 7.09. The Morgan fingerprint density at radius 2 is 1.36 bits per heavy atom. The minimum atomic E-state index is -5.05. The lowest BCUT2D eigenvalue weighted by atomic mass is 9.91. The molecule has 244 valence electrons. The molecule has 0 aliphatic rings. The highest BCUT2D eigenvalue weighted by Gasteiger charge is 2.44. The first kappa shape index (κ1) is 36.4. The molecule has 0 aromatic heterocycles. The fraction of sp³-hybridized carbons (Fsp3) is 0.429. The van der Waals surface area contributed by atoms with E-state index >= 15 is 0 Å². The van der Waals surface area contributed by atoms with Gasteiger partial charge in [-0.2, -0.15) is 13.2 Å². The van der Waals surface area contributed by atoms with Crippen LogP contribution >= 0.6 is 23.2 Å². The molecule has 0 fully saturated rings. The smallest absolute Gasteiger partial charge is 0.453 e. The van der Waals surface area contributed by atoms with Crippen LogP contribution in [-0.2, 0) is 20.7 Å². The van der Waals surface area contributed by atoms with Crippen molar-refractivity contribution in [1.29, 1.82) is 0 Å². The number of esters is 1. The van der Waals surface area contributed by atoms with Gasteiger partial charge in [0.05, 0.1) is 0 Å². The Kier molecular flexibility index (Phi) is 13.3. The Hall–Kier alpha value is -3.07. The van der Waals surface area contributed by atoms with Crippen LogP contribution in [0.5, 0.6) is 5.75 Å². The summed E-state index contributed by atoms with van der Waals surface area (Å²) in [6.45, 7) is 6.70. The van der Waals surface area contributed by atoms with Crippen LogP contribution in [-0.4, -0.2) is 54.7 Å². The lowest BCUT2D eigenvalue weighted by Gasteiger charge is -2.25. The van der Waals surface area contributed by atoms with Gasteiger partial charge >= 0.3 is 12.1 Å². The molecule has 3 rings (SSSR count). The average Bonchev–Trinajstić information content (AvgIpc) is 2.95. The Balaban J connectivity index is 1.55. The first-order valence-corrected chi connectivity index (χ1v) is 15.6. The number of ether oxygens (including phenoxy) is 2. The molecule has 0 saturated heterocycles. The van der Waals surface area contributed by atoms with Crippen molar-refractivity contribution in [3.63, 3.8) is 0 Å². The van der Waals surface area contributed by atoms with Crippen molar-refractivity contribution in [2.75, 3.05) is 20.1 Å². The summed E-state index contributed by atoms with van der Waals surface area (Å²) >= 11 is 12.2. The zero-order valence-corrected chi connectivity index (χ0v) is 27.5. The lowest BCUT2D eigenvalue weighted by Crippen LogP contribution is -2.38. The molecule has 0 radical (unpaired) electrons. The third-order valence-corrected chi connectivity index (χ3v) is 7.59. The maximum atomic E-state index is 13.2. The number of aryl methyl sites for hydroxylation is 1. The van der Waals surface area contributed by atoms with Gasteiger partial charge in [-0.25, -0.2) is 0 Å². The summed E-state index contributed by atoms with van der Waals surface area (Å²) < 4.78 is 50.4. The maximum Gasteiger partial charge on any atom is 0.453 e. The van der Waals surface area contributed by atoms with Gasteiger partial charge in [0, 0.05) is 28.9 Å². The average molecular weight is 667 g/mol. The molecule has 0 aliphatic carbocycles. The van der Waals surface area contributed by atoms with Crippen molar-refractivity contribution in [2.24, 2.45) is 0 Å². The van der Waals surface area contributed by atoms with Crippen LogP contribution in [0.1, 0.15) is 69.1 Å². The molecule has 5 nitrogen and oxygen atoms in total. The van der Waals surface area contributed by atoms with Gasteiger partial charge in [-0.3, -0.25) is 9.59 Å². The Morgan fingerprint density at radius 3 is 1.84 bits per heavy atom. The van der Waals surface area contributed by atoms with Crippen molar-refractivity contribution in [2.45, 2.75) is 76.7 Å². The molecule has 0 spiro atoms. The van der Waals surface area contributed by atoms with E-state index in [9.17, 15) is 22.8 Å². The van der Waals surface area contributed by atoms with Crippen molar-refractivity contribution >= 4 is 35.0 Å². The highest BCUT2D eigenvalue weighted by atomic mass is 35.5. The van der Waals surface area contributed by atoms with Crippen molar-refractivity contribution < 1.29 is 32.2 Å². The van der Waals surface area contributed by atoms with E-state index in [1.165, 1.54) is 0 Å². The van der Waals surface area contributed by atoms with E-state index in [2.05, 4.69) is 11.9 Å². The van der Waals surface area contributed by atoms with Crippen LogP contribution in [0.15, 0.2) is 72.8 Å². The fourth-order valence-corrected chi connectivity index (χ4v) is 5.15. The molecule has 0 N–H and O–H groups in total. The van der Waals surface area contributed by atoms with Gasteiger partial charge in [0.2, 0.25) is 0 Å². The van der Waals surface area contributed by atoms with Crippen molar-refractivity contribution in [1.82, 2.24) is 4.90 Å². The molecule has 10 heteroatoms. The first-order valence-electron chi connectivity index (χ1n) is 14.9. The SMILES string of the molecule is CN(CCCc1ccc(OC(CCCC(=O)OC(C)(C)C)C(=O)C(F)(F)F)cc1)CC(c1ccc(Cl)cc1)c1ccc(Cl)cc1. The molecule has 1 atom stereocenters. The number of halogens is 5. The summed E-state index contributed by atoms with van der Waals surface area (Å²) in [6.07, 6.45) is -5.56. The standard InChI is InChI=1S/C35H40Cl2F3NO4/c1-34(2,3)45-32(42)9-5-8-31(33(43)35(38,39)40)44-29-20-10-24(11-21-29)7-6-22-41(4)23-30(25-12-16-27(36)17-13-25)26-14-18-28(37)19-15-26/h10-21,30-31H,5-9,22-23H2,1-4H3. The lowest BCUT2D eigenvalue weighted by molar-refractivity contribution is -0.178. The van der Waals surface area contributed by atoms with Crippen LogP contribution in [0.2, 0.25) is 10.0 Å². The molecular weight excluding hydrogens is 626 g/mol. The minimum absolute atomic E-state index is 0.0178. The molecule has 3 aromatic rings. The Bertz CT molecular complexity index is 1330. The van der Waals surface area contributed by atoms with Gasteiger partial charge < -0.3 is 14.4 Å². The molecule has 3 aromatic carbocycles. The van der Waals surface area contributed by atoms with Crippen molar-refractivity contribution in [3.05, 3.63) is 99.5 Å². The highest BCUT2D eigenvalue weighted by molar-refractivity contribution is 6.30. The van der Waals surface area contributed by atoms with E-state index < -0.39 is 29.6 Å². The number of carbonyl (C=O) groups excluding carboxylic acids is 2. The maximum absolute atomic E-state index is 13.2. The van der Waals surface area contributed by atoms with Crippen molar-refractivity contribution in [3.8, 4) is 5.75 Å². The number of benzene rings is 3. The van der Waals surface area contributed by atoms with Gasteiger partial charge in [0.15, 0.2) is 6.10 Å². The number of likely N-dealkylation sites (N-methyl/N-ethyl adjacent to an activating group) is 1. The Labute approximate surface area is 273 Å². The summed E-state index contributed by atoms with van der Waals surface area (Å²) in [6, 6.07) is 22.4. The zero-order valence-electron chi connectivity index (χ0n) is 26.0. The van der Waals surface area contributed by atoms with Crippen LogP contribution < -0.4 is 4.74 Å². The molecule has 0 aliphatic heterocycles. The van der Waals surface area contributed by atoms with Gasteiger partial charge in [-0.15, -0.1) is 0 Å². The predicted molar refractivity (Wildman–Crippen MR) is 172 cm³/mol. The predicted octanol–water partition coefficient (Wildman–Crippen LogP) is 9.08. The largest absolute Gasteiger partial charge is 0.482 e. The number of hydrogen-bond donors (Lipinski definition) is 0. The van der Waals surface area contributed by atoms with E-state index in [1.807, 2.05) is 48.5 Å². The van der Waals surface area contributed by atoms with E-state index in [4.69, 9.17) is 32.7 Å². The number of rotatable bonds is 15. The molecular formula is C35H40Cl2F3NO4. The highest BCUT2D eigenvalue weighted by Crippen LogP contribution is 2.29. The monoisotopic (exact) mass is 665 g/mol. The van der Waals surface area contributed by atoms with Gasteiger partial charge in [-0.1, -0.05) is 59.6 Å². The van der Waals surface area contributed by atoms with Crippen LogP contribution in [0.3, 0.4) is 0 Å². The molecule has 45 heavy (non-hydrogen) atoms. The number of Topliss-reactive ketones (excluding diaryl/α,β-unsaturated/α-hetero) is 1. The van der Waals surface area contributed by atoms with Crippen LogP contribution in [0.4, 0.5) is 13.2 Å². The number of carbonyl (C=O) groups is 2. The number of hydrogen-bond acceptors (Lipinski definition) is 5. The number of alkyl halides is 3. The molecule has 1 unspecified atom stereocenters. The summed E-state index contributed by atoms with van der Waals surface area (Å²) in [4.78, 5) is 26.3. The summed E-state index contributed by atoms with van der Waals surface area (Å²) in [5, 5.41) is 1.36. The summed E-state index contributed by atoms with van der Waals surface area (Å²) in [7, 11) is 2.07. The first-order chi connectivity index (χ1) is 21.1. The summed E-state index contributed by atoms with van der Waals surface area (Å²) in [5.41, 5.74) is 2.59. The van der Waals surface area contributed by atoms with E-state index in [-0.39, 0.29) is 30.9 Å². The van der Waals surface area contributed by atoms with Gasteiger partial charge in [-0.05, 0) is 113 Å². The van der Waals surface area contributed by atoms with Gasteiger partial charge in [0.25, 0.3) is 5.78 Å². The molecule has 0 heterocycles. The molecule has 0 saturated carbocycles. The van der Waals surface area contributed by atoms with Gasteiger partial charge in [0.1, 0.15) is 11.4 Å². The topological polar surface area (TPSA) is 55.8 Å². The molecule has 0 amide bonds. The quantitative estimate of drug-likeness (QED) is 0.152. The second-order valence-electron chi connectivity index (χ2n) is 12.1. The van der Waals surface area contributed by atoms with Crippen LogP contribution in [0, 0.1) is 0 Å². The van der Waals surface area contributed by atoms with Crippen LogP contribution in [0.25, 0.3) is 0 Å². The Morgan fingerprint density at radius 1 is 0.822 bits per heavy atom. The zero-order chi connectivity index (χ0) is 33.2. The fourth-order valence-electron chi connectivity index (χ4n) is 4.90.